The minimum absolute atomic E-state index is 0.0846. The van der Waals surface area contributed by atoms with Crippen molar-refractivity contribution in [1.29, 1.82) is 0 Å². The van der Waals surface area contributed by atoms with Gasteiger partial charge in [-0.3, -0.25) is 4.79 Å². The summed E-state index contributed by atoms with van der Waals surface area (Å²) >= 11 is 18.2. The zero-order chi connectivity index (χ0) is 19.4. The van der Waals surface area contributed by atoms with Crippen LogP contribution in [0, 0.1) is 0 Å². The fraction of sp³-hybridized carbons (Fsp3) is 0.100. The number of halogens is 3. The van der Waals surface area contributed by atoms with Crippen molar-refractivity contribution in [3.8, 4) is 11.6 Å². The summed E-state index contributed by atoms with van der Waals surface area (Å²) in [6.45, 7) is 1.89. The molecule has 0 aliphatic carbocycles. The molecule has 0 unspecified atom stereocenters. The summed E-state index contributed by atoms with van der Waals surface area (Å²) < 4.78 is 5.74. The van der Waals surface area contributed by atoms with Crippen molar-refractivity contribution in [1.82, 2.24) is 10.3 Å². The molecule has 138 valence electrons. The van der Waals surface area contributed by atoms with Gasteiger partial charge in [-0.25, -0.2) is 4.98 Å². The van der Waals surface area contributed by atoms with Crippen LogP contribution in [0.4, 0.5) is 0 Å². The molecule has 0 fully saturated rings. The molecule has 0 bridgehead atoms. The first-order chi connectivity index (χ1) is 13.0. The van der Waals surface area contributed by atoms with E-state index in [4.69, 9.17) is 39.5 Å². The van der Waals surface area contributed by atoms with Crippen molar-refractivity contribution < 1.29 is 9.53 Å². The number of pyridine rings is 1. The van der Waals surface area contributed by atoms with Crippen LogP contribution >= 0.6 is 34.8 Å². The largest absolute Gasteiger partial charge is 0.437 e. The van der Waals surface area contributed by atoms with Crippen molar-refractivity contribution >= 4 is 40.7 Å². The van der Waals surface area contributed by atoms with Gasteiger partial charge in [-0.05, 0) is 30.7 Å². The van der Waals surface area contributed by atoms with Crippen LogP contribution < -0.4 is 10.1 Å². The molecule has 0 aliphatic rings. The molecule has 3 aromatic rings. The normalized spacial score (nSPS) is 11.7. The van der Waals surface area contributed by atoms with Gasteiger partial charge < -0.3 is 10.1 Å². The molecule has 7 heteroatoms. The zero-order valence-electron chi connectivity index (χ0n) is 14.2. The molecule has 1 N–H and O–H groups in total. The third kappa shape index (κ3) is 4.72. The number of ether oxygens (including phenoxy) is 1. The Bertz CT molecular complexity index is 965. The zero-order valence-corrected chi connectivity index (χ0v) is 16.5. The highest BCUT2D eigenvalue weighted by atomic mass is 35.5. The monoisotopic (exact) mass is 420 g/mol. The molecule has 1 heterocycles. The van der Waals surface area contributed by atoms with Gasteiger partial charge in [-0.1, -0.05) is 71.2 Å². The summed E-state index contributed by atoms with van der Waals surface area (Å²) in [5, 5.41) is 3.81. The quantitative estimate of drug-likeness (QED) is 0.524. The van der Waals surface area contributed by atoms with Crippen LogP contribution in [0.2, 0.25) is 15.1 Å². The smallest absolute Gasteiger partial charge is 0.257 e. The van der Waals surface area contributed by atoms with Gasteiger partial charge in [0, 0.05) is 6.20 Å². The number of nitrogens with zero attached hydrogens (tertiary/aromatic N) is 1. The standard InChI is InChI=1S/C20H15Cl3N2O2/c1-12(13-6-3-2-4-7-13)25-19(26)15-10-14(21)11-24-20(15)27-17-9-5-8-16(22)18(17)23/h2-12H,1H3,(H,25,26)/t12-/m0/s1. The third-order valence-electron chi connectivity index (χ3n) is 3.83. The van der Waals surface area contributed by atoms with Gasteiger partial charge in [0.05, 0.1) is 16.1 Å². The van der Waals surface area contributed by atoms with Crippen molar-refractivity contribution in [3.05, 3.63) is 87.0 Å². The van der Waals surface area contributed by atoms with E-state index in [-0.39, 0.29) is 28.4 Å². The number of rotatable bonds is 5. The van der Waals surface area contributed by atoms with Crippen LogP contribution in [-0.2, 0) is 0 Å². The van der Waals surface area contributed by atoms with Crippen molar-refractivity contribution in [2.45, 2.75) is 13.0 Å². The molecular formula is C20H15Cl3N2O2. The second-order valence-corrected chi connectivity index (χ2v) is 6.99. The van der Waals surface area contributed by atoms with Crippen LogP contribution in [0.3, 0.4) is 0 Å². The lowest BCUT2D eigenvalue weighted by molar-refractivity contribution is 0.0937. The Kier molecular flexibility index (Phi) is 6.22. The molecule has 2 aromatic carbocycles. The second kappa shape index (κ2) is 8.61. The molecule has 27 heavy (non-hydrogen) atoms. The van der Waals surface area contributed by atoms with Crippen LogP contribution in [-0.4, -0.2) is 10.9 Å². The Morgan fingerprint density at radius 1 is 1.07 bits per heavy atom. The predicted molar refractivity (Wildman–Crippen MR) is 108 cm³/mol. The number of benzene rings is 2. The molecule has 0 aliphatic heterocycles. The first-order valence-electron chi connectivity index (χ1n) is 8.09. The Labute approximate surface area is 172 Å². The first-order valence-corrected chi connectivity index (χ1v) is 9.22. The number of nitrogens with one attached hydrogen (secondary N) is 1. The summed E-state index contributed by atoms with van der Waals surface area (Å²) in [6, 6.07) is 15.9. The molecule has 3 rings (SSSR count). The van der Waals surface area contributed by atoms with Crippen LogP contribution in [0.25, 0.3) is 0 Å². The molecule has 1 aromatic heterocycles. The van der Waals surface area contributed by atoms with E-state index in [2.05, 4.69) is 10.3 Å². The lowest BCUT2D eigenvalue weighted by atomic mass is 10.1. The van der Waals surface area contributed by atoms with Gasteiger partial charge in [0.1, 0.15) is 16.3 Å². The average Bonchev–Trinajstić information content (AvgIpc) is 2.67. The fourth-order valence-corrected chi connectivity index (χ4v) is 2.93. The fourth-order valence-electron chi connectivity index (χ4n) is 2.44. The van der Waals surface area contributed by atoms with Crippen LogP contribution in [0.1, 0.15) is 28.9 Å². The Morgan fingerprint density at radius 3 is 2.56 bits per heavy atom. The second-order valence-electron chi connectivity index (χ2n) is 5.77. The van der Waals surface area contributed by atoms with Gasteiger partial charge in [0.25, 0.3) is 5.91 Å². The van der Waals surface area contributed by atoms with Gasteiger partial charge in [-0.2, -0.15) is 0 Å². The molecule has 0 spiro atoms. The van der Waals surface area contributed by atoms with E-state index in [1.54, 1.807) is 18.2 Å². The number of hydrogen-bond acceptors (Lipinski definition) is 3. The molecular weight excluding hydrogens is 407 g/mol. The highest BCUT2D eigenvalue weighted by Gasteiger charge is 2.19. The topological polar surface area (TPSA) is 51.2 Å². The summed E-state index contributed by atoms with van der Waals surface area (Å²) in [6.07, 6.45) is 1.40. The number of amides is 1. The predicted octanol–water partition coefficient (Wildman–Crippen LogP) is 6.33. The van der Waals surface area contributed by atoms with E-state index in [1.165, 1.54) is 12.3 Å². The molecule has 0 radical (unpaired) electrons. The number of carbonyl (C=O) groups is 1. The maximum absolute atomic E-state index is 12.8. The summed E-state index contributed by atoms with van der Waals surface area (Å²) in [5.41, 5.74) is 1.17. The molecule has 1 atom stereocenters. The number of aromatic nitrogens is 1. The van der Waals surface area contributed by atoms with Crippen molar-refractivity contribution in [3.63, 3.8) is 0 Å². The van der Waals surface area contributed by atoms with E-state index in [0.717, 1.165) is 5.56 Å². The number of hydrogen-bond donors (Lipinski definition) is 1. The van der Waals surface area contributed by atoms with Gasteiger partial charge in [-0.15, -0.1) is 0 Å². The van der Waals surface area contributed by atoms with E-state index < -0.39 is 0 Å². The van der Waals surface area contributed by atoms with E-state index in [0.29, 0.717) is 15.8 Å². The van der Waals surface area contributed by atoms with Gasteiger partial charge >= 0.3 is 0 Å². The maximum Gasteiger partial charge on any atom is 0.257 e. The minimum atomic E-state index is -0.366. The highest BCUT2D eigenvalue weighted by molar-refractivity contribution is 6.42. The van der Waals surface area contributed by atoms with Crippen LogP contribution in [0.15, 0.2) is 60.8 Å². The summed E-state index contributed by atoms with van der Waals surface area (Å²) in [5.74, 6) is 0.0139. The summed E-state index contributed by atoms with van der Waals surface area (Å²) in [4.78, 5) is 16.9. The average molecular weight is 422 g/mol. The Hall–Kier alpha value is -2.27. The van der Waals surface area contributed by atoms with E-state index in [9.17, 15) is 4.79 Å². The van der Waals surface area contributed by atoms with Crippen molar-refractivity contribution in [2.75, 3.05) is 0 Å². The summed E-state index contributed by atoms with van der Waals surface area (Å²) in [7, 11) is 0. The van der Waals surface area contributed by atoms with E-state index in [1.807, 2.05) is 37.3 Å². The van der Waals surface area contributed by atoms with Crippen molar-refractivity contribution in [2.24, 2.45) is 0 Å². The lowest BCUT2D eigenvalue weighted by Crippen LogP contribution is -2.27. The number of carbonyl (C=O) groups excluding carboxylic acids is 1. The molecule has 0 saturated carbocycles. The Morgan fingerprint density at radius 2 is 1.81 bits per heavy atom. The van der Waals surface area contributed by atoms with Gasteiger partial charge in [0.15, 0.2) is 0 Å². The lowest BCUT2D eigenvalue weighted by Gasteiger charge is -2.16. The highest BCUT2D eigenvalue weighted by Crippen LogP contribution is 2.35. The molecule has 4 nitrogen and oxygen atoms in total. The van der Waals surface area contributed by atoms with Gasteiger partial charge in [0.2, 0.25) is 5.88 Å². The maximum atomic E-state index is 12.8. The van der Waals surface area contributed by atoms with E-state index >= 15 is 0 Å². The third-order valence-corrected chi connectivity index (χ3v) is 4.84. The SMILES string of the molecule is C[C@H](NC(=O)c1cc(Cl)cnc1Oc1cccc(Cl)c1Cl)c1ccccc1. The Balaban J connectivity index is 1.87. The minimum Gasteiger partial charge on any atom is -0.437 e. The molecule has 0 saturated heterocycles. The first kappa shape index (κ1) is 19.5. The molecule has 1 amide bonds. The van der Waals surface area contributed by atoms with Crippen LogP contribution in [0.5, 0.6) is 11.6 Å².